The van der Waals surface area contributed by atoms with E-state index in [4.69, 9.17) is 4.74 Å². The van der Waals surface area contributed by atoms with Gasteiger partial charge in [-0.15, -0.1) is 0 Å². The Morgan fingerprint density at radius 3 is 2.28 bits per heavy atom. The van der Waals surface area contributed by atoms with E-state index in [1.165, 1.54) is 6.92 Å². The van der Waals surface area contributed by atoms with Crippen LogP contribution in [0.5, 0.6) is 0 Å². The van der Waals surface area contributed by atoms with E-state index in [0.717, 1.165) is 11.0 Å². The standard InChI is InChI=1S/C19H17F3N2O5/c1-9(17(26)23-13-7-6-12(20)15(21)16(13)22)29-14(25)8-24-18(27)10-4-2-3-5-11(10)19(24)28/h2-3,6-7,9-11H,4-5,8H2,1H3,(H,23,26)/t9-,10+,11+/m1/s1. The van der Waals surface area contributed by atoms with Gasteiger partial charge in [0.15, 0.2) is 23.6 Å². The van der Waals surface area contributed by atoms with Gasteiger partial charge in [-0.05, 0) is 31.9 Å². The van der Waals surface area contributed by atoms with Gasteiger partial charge in [0, 0.05) is 0 Å². The maximum atomic E-state index is 13.6. The second kappa shape index (κ2) is 8.06. The van der Waals surface area contributed by atoms with E-state index in [9.17, 15) is 32.3 Å². The molecule has 0 radical (unpaired) electrons. The van der Waals surface area contributed by atoms with Gasteiger partial charge in [-0.3, -0.25) is 24.1 Å². The molecule has 29 heavy (non-hydrogen) atoms. The predicted octanol–water partition coefficient (Wildman–Crippen LogP) is 1.93. The highest BCUT2D eigenvalue weighted by molar-refractivity contribution is 6.07. The minimum Gasteiger partial charge on any atom is -0.451 e. The summed E-state index contributed by atoms with van der Waals surface area (Å²) >= 11 is 0. The normalized spacial score (nSPS) is 21.7. The first-order valence-corrected chi connectivity index (χ1v) is 8.84. The second-order valence-corrected chi connectivity index (χ2v) is 6.76. The van der Waals surface area contributed by atoms with E-state index in [0.29, 0.717) is 18.9 Å². The van der Waals surface area contributed by atoms with Gasteiger partial charge < -0.3 is 10.1 Å². The van der Waals surface area contributed by atoms with Crippen LogP contribution in [-0.2, 0) is 23.9 Å². The highest BCUT2D eigenvalue weighted by atomic mass is 19.2. The zero-order chi connectivity index (χ0) is 21.3. The summed E-state index contributed by atoms with van der Waals surface area (Å²) in [5, 5.41) is 1.98. The number of amides is 3. The number of fused-ring (bicyclic) bond motifs is 1. The minimum absolute atomic E-state index is 0.416. The summed E-state index contributed by atoms with van der Waals surface area (Å²) in [5.74, 6) is -8.72. The molecule has 1 aliphatic carbocycles. The molecule has 3 atom stereocenters. The van der Waals surface area contributed by atoms with Crippen LogP contribution in [0.15, 0.2) is 24.3 Å². The van der Waals surface area contributed by atoms with Gasteiger partial charge in [0.05, 0.1) is 17.5 Å². The summed E-state index contributed by atoms with van der Waals surface area (Å²) in [4.78, 5) is 49.6. The molecule has 1 aromatic carbocycles. The van der Waals surface area contributed by atoms with Crippen LogP contribution >= 0.6 is 0 Å². The third-order valence-electron chi connectivity index (χ3n) is 4.86. The summed E-state index contributed by atoms with van der Waals surface area (Å²) in [6.45, 7) is 0.518. The van der Waals surface area contributed by atoms with E-state index < -0.39 is 71.3 Å². The van der Waals surface area contributed by atoms with E-state index in [-0.39, 0.29) is 0 Å². The molecule has 1 fully saturated rings. The number of imide groups is 1. The average molecular weight is 410 g/mol. The maximum Gasteiger partial charge on any atom is 0.326 e. The Hall–Kier alpha value is -3.17. The molecule has 3 rings (SSSR count). The zero-order valence-corrected chi connectivity index (χ0v) is 15.3. The minimum atomic E-state index is -1.76. The van der Waals surface area contributed by atoms with Crippen LogP contribution in [0.2, 0.25) is 0 Å². The number of halogens is 3. The van der Waals surface area contributed by atoms with Crippen molar-refractivity contribution in [3.63, 3.8) is 0 Å². The SMILES string of the molecule is C[C@@H](OC(=O)CN1C(=O)[C@H]2CC=CC[C@@H]2C1=O)C(=O)Nc1ccc(F)c(F)c1F. The first-order chi connectivity index (χ1) is 13.7. The summed E-state index contributed by atoms with van der Waals surface area (Å²) in [6.07, 6.45) is 3.00. The van der Waals surface area contributed by atoms with Gasteiger partial charge in [-0.2, -0.15) is 0 Å². The molecule has 1 aliphatic heterocycles. The molecule has 0 aromatic heterocycles. The molecule has 2 aliphatic rings. The number of likely N-dealkylation sites (tertiary alicyclic amines) is 1. The molecule has 0 spiro atoms. The smallest absolute Gasteiger partial charge is 0.326 e. The predicted molar refractivity (Wildman–Crippen MR) is 92.6 cm³/mol. The zero-order valence-electron chi connectivity index (χ0n) is 15.3. The molecule has 1 N–H and O–H groups in total. The van der Waals surface area contributed by atoms with Crippen LogP contribution in [0, 0.1) is 29.3 Å². The molecule has 7 nitrogen and oxygen atoms in total. The van der Waals surface area contributed by atoms with Gasteiger partial charge in [-0.25, -0.2) is 13.2 Å². The van der Waals surface area contributed by atoms with Crippen molar-refractivity contribution >= 4 is 29.4 Å². The summed E-state index contributed by atoms with van der Waals surface area (Å²) in [7, 11) is 0. The fourth-order valence-corrected chi connectivity index (χ4v) is 3.30. The molecule has 10 heteroatoms. The number of rotatable bonds is 5. The quantitative estimate of drug-likeness (QED) is 0.347. The molecular formula is C19H17F3N2O5. The fourth-order valence-electron chi connectivity index (χ4n) is 3.30. The van der Waals surface area contributed by atoms with Crippen molar-refractivity contribution in [2.24, 2.45) is 11.8 Å². The molecule has 1 aromatic rings. The molecule has 1 heterocycles. The summed E-state index contributed by atoms with van der Waals surface area (Å²) in [6, 6.07) is 1.45. The van der Waals surface area contributed by atoms with Crippen LogP contribution in [-0.4, -0.2) is 41.2 Å². The number of carbonyl (C=O) groups excluding carboxylic acids is 4. The van der Waals surface area contributed by atoms with Gasteiger partial charge in [0.2, 0.25) is 11.8 Å². The first kappa shape index (κ1) is 20.6. The van der Waals surface area contributed by atoms with Gasteiger partial charge in [0.25, 0.3) is 5.91 Å². The lowest BCUT2D eigenvalue weighted by molar-refractivity contribution is -0.158. The van der Waals surface area contributed by atoms with Crippen LogP contribution in [0.1, 0.15) is 19.8 Å². The lowest BCUT2D eigenvalue weighted by Gasteiger charge is -2.17. The van der Waals surface area contributed by atoms with E-state index in [1.807, 2.05) is 5.32 Å². The number of nitrogens with one attached hydrogen (secondary N) is 1. The number of anilines is 1. The lowest BCUT2D eigenvalue weighted by atomic mass is 9.85. The molecule has 0 saturated carbocycles. The highest BCUT2D eigenvalue weighted by Gasteiger charge is 2.47. The topological polar surface area (TPSA) is 92.8 Å². The van der Waals surface area contributed by atoms with Crippen LogP contribution in [0.25, 0.3) is 0 Å². The van der Waals surface area contributed by atoms with Crippen molar-refractivity contribution in [2.75, 3.05) is 11.9 Å². The fraction of sp³-hybridized carbons (Fsp3) is 0.368. The molecule has 1 saturated heterocycles. The van der Waals surface area contributed by atoms with E-state index in [1.54, 1.807) is 12.2 Å². The molecule has 0 bridgehead atoms. The van der Waals surface area contributed by atoms with Crippen LogP contribution in [0.3, 0.4) is 0 Å². The number of carbonyl (C=O) groups is 4. The summed E-state index contributed by atoms with van der Waals surface area (Å²) < 4.78 is 44.7. The average Bonchev–Trinajstić information content (AvgIpc) is 2.93. The number of ether oxygens (including phenoxy) is 1. The molecule has 3 amide bonds. The van der Waals surface area contributed by atoms with Gasteiger partial charge in [-0.1, -0.05) is 12.2 Å². The van der Waals surface area contributed by atoms with Gasteiger partial charge in [0.1, 0.15) is 6.54 Å². The maximum absolute atomic E-state index is 13.6. The van der Waals surface area contributed by atoms with E-state index in [2.05, 4.69) is 0 Å². The number of allylic oxidation sites excluding steroid dienone is 2. The third kappa shape index (κ3) is 4.01. The first-order valence-electron chi connectivity index (χ1n) is 8.84. The Kier molecular flexibility index (Phi) is 5.71. The Morgan fingerprint density at radius 1 is 1.10 bits per heavy atom. The Labute approximate surface area is 163 Å². The molecule has 154 valence electrons. The number of nitrogens with zero attached hydrogens (tertiary/aromatic N) is 1. The summed E-state index contributed by atoms with van der Waals surface area (Å²) in [5.41, 5.74) is -0.627. The molecule has 0 unspecified atom stereocenters. The Morgan fingerprint density at radius 2 is 1.69 bits per heavy atom. The largest absolute Gasteiger partial charge is 0.451 e. The Bertz CT molecular complexity index is 891. The van der Waals surface area contributed by atoms with E-state index >= 15 is 0 Å². The van der Waals surface area contributed by atoms with Crippen molar-refractivity contribution in [2.45, 2.75) is 25.9 Å². The van der Waals surface area contributed by atoms with Crippen LogP contribution < -0.4 is 5.32 Å². The van der Waals surface area contributed by atoms with Crippen molar-refractivity contribution in [3.05, 3.63) is 41.7 Å². The Balaban J connectivity index is 1.58. The number of hydrogen-bond acceptors (Lipinski definition) is 5. The number of hydrogen-bond donors (Lipinski definition) is 1. The monoisotopic (exact) mass is 410 g/mol. The number of benzene rings is 1. The number of esters is 1. The lowest BCUT2D eigenvalue weighted by Crippen LogP contribution is -2.39. The van der Waals surface area contributed by atoms with Crippen molar-refractivity contribution in [1.82, 2.24) is 4.90 Å². The third-order valence-corrected chi connectivity index (χ3v) is 4.86. The van der Waals surface area contributed by atoms with Crippen molar-refractivity contribution in [1.29, 1.82) is 0 Å². The van der Waals surface area contributed by atoms with Crippen LogP contribution in [0.4, 0.5) is 18.9 Å². The van der Waals surface area contributed by atoms with Crippen molar-refractivity contribution in [3.8, 4) is 0 Å². The van der Waals surface area contributed by atoms with Crippen molar-refractivity contribution < 1.29 is 37.1 Å². The molecular weight excluding hydrogens is 393 g/mol. The second-order valence-electron chi connectivity index (χ2n) is 6.76. The highest BCUT2D eigenvalue weighted by Crippen LogP contribution is 2.34. The van der Waals surface area contributed by atoms with Gasteiger partial charge >= 0.3 is 5.97 Å².